The van der Waals surface area contributed by atoms with Crippen molar-refractivity contribution in [2.45, 2.75) is 5.16 Å². The topological polar surface area (TPSA) is 102 Å². The number of nitrogens with zero attached hydrogens (tertiary/aromatic N) is 3. The van der Waals surface area contributed by atoms with Crippen molar-refractivity contribution >= 4 is 29.3 Å². The molecule has 152 valence electrons. The highest BCUT2D eigenvalue weighted by atomic mass is 32.2. The van der Waals surface area contributed by atoms with Crippen LogP contribution in [0.1, 0.15) is 0 Å². The summed E-state index contributed by atoms with van der Waals surface area (Å²) in [6.07, 6.45) is 1.50. The first-order valence-corrected chi connectivity index (χ1v) is 9.11. The second-order valence-electron chi connectivity index (χ2n) is 5.68. The average Bonchev–Trinajstić information content (AvgIpc) is 3.35. The number of aromatic nitrogens is 3. The third-order valence-corrected chi connectivity index (χ3v) is 4.68. The van der Waals surface area contributed by atoms with Gasteiger partial charge in [0.2, 0.25) is 11.8 Å². The van der Waals surface area contributed by atoms with Gasteiger partial charge in [0.1, 0.15) is 0 Å². The first kappa shape index (κ1) is 20.5. The van der Waals surface area contributed by atoms with Gasteiger partial charge in [0.25, 0.3) is 0 Å². The molecule has 0 fully saturated rings. The summed E-state index contributed by atoms with van der Waals surface area (Å²) in [4.78, 5) is 23.7. The van der Waals surface area contributed by atoms with Crippen molar-refractivity contribution in [1.29, 1.82) is 0 Å². The predicted molar refractivity (Wildman–Crippen MR) is 97.4 cm³/mol. The Bertz CT molecular complexity index is 1040. The van der Waals surface area contributed by atoms with Crippen LogP contribution in [0.5, 0.6) is 0 Å². The number of anilines is 1. The lowest BCUT2D eigenvalue weighted by Crippen LogP contribution is -2.34. The van der Waals surface area contributed by atoms with Crippen LogP contribution in [0.25, 0.3) is 11.6 Å². The molecule has 2 aromatic heterocycles. The number of carbonyl (C=O) groups is 2. The first-order valence-electron chi connectivity index (χ1n) is 8.13. The minimum absolute atomic E-state index is 0.0586. The Kier molecular flexibility index (Phi) is 6.22. The van der Waals surface area contributed by atoms with Gasteiger partial charge in [-0.2, -0.15) is 0 Å². The molecule has 0 spiro atoms. The van der Waals surface area contributed by atoms with E-state index in [4.69, 9.17) is 4.42 Å². The van der Waals surface area contributed by atoms with Crippen LogP contribution >= 0.6 is 11.8 Å². The SMILES string of the molecule is Cn1c(SCC(=O)NCC(=O)Nc2ccc(F)c(F)c2F)nnc1-c1ccco1. The minimum atomic E-state index is -1.69. The van der Waals surface area contributed by atoms with Crippen LogP contribution in [0, 0.1) is 17.5 Å². The lowest BCUT2D eigenvalue weighted by atomic mass is 10.2. The van der Waals surface area contributed by atoms with Crippen molar-refractivity contribution in [2.75, 3.05) is 17.6 Å². The second kappa shape index (κ2) is 8.82. The molecule has 3 aromatic rings. The molecule has 29 heavy (non-hydrogen) atoms. The van der Waals surface area contributed by atoms with Crippen molar-refractivity contribution in [1.82, 2.24) is 20.1 Å². The molecule has 0 unspecified atom stereocenters. The molecule has 12 heteroatoms. The van der Waals surface area contributed by atoms with Gasteiger partial charge in [-0.25, -0.2) is 13.2 Å². The van der Waals surface area contributed by atoms with Crippen LogP contribution in [0.15, 0.2) is 40.1 Å². The Morgan fingerprint density at radius 1 is 1.14 bits per heavy atom. The summed E-state index contributed by atoms with van der Waals surface area (Å²) in [7, 11) is 1.71. The van der Waals surface area contributed by atoms with Gasteiger partial charge in [0.15, 0.2) is 34.2 Å². The monoisotopic (exact) mass is 425 g/mol. The molecule has 0 saturated carbocycles. The maximum Gasteiger partial charge on any atom is 0.243 e. The molecule has 1 aromatic carbocycles. The molecule has 2 heterocycles. The van der Waals surface area contributed by atoms with Crippen LogP contribution in [-0.2, 0) is 16.6 Å². The second-order valence-corrected chi connectivity index (χ2v) is 6.62. The summed E-state index contributed by atoms with van der Waals surface area (Å²) in [5, 5.41) is 12.8. The molecule has 0 radical (unpaired) electrons. The quantitative estimate of drug-likeness (QED) is 0.445. The number of furan rings is 1. The van der Waals surface area contributed by atoms with Crippen molar-refractivity contribution in [2.24, 2.45) is 7.05 Å². The number of carbonyl (C=O) groups excluding carboxylic acids is 2. The Morgan fingerprint density at radius 2 is 1.93 bits per heavy atom. The highest BCUT2D eigenvalue weighted by Crippen LogP contribution is 2.22. The fraction of sp³-hybridized carbons (Fsp3) is 0.176. The number of hydrogen-bond acceptors (Lipinski definition) is 6. The number of hydrogen-bond donors (Lipinski definition) is 2. The zero-order valence-electron chi connectivity index (χ0n) is 14.9. The highest BCUT2D eigenvalue weighted by molar-refractivity contribution is 7.99. The van der Waals surface area contributed by atoms with E-state index in [0.29, 0.717) is 22.8 Å². The molecule has 0 bridgehead atoms. The van der Waals surface area contributed by atoms with Gasteiger partial charge >= 0.3 is 0 Å². The van der Waals surface area contributed by atoms with E-state index in [2.05, 4.69) is 20.8 Å². The van der Waals surface area contributed by atoms with Crippen LogP contribution in [0.2, 0.25) is 0 Å². The Labute approximate surface area is 166 Å². The molecule has 2 amide bonds. The minimum Gasteiger partial charge on any atom is -0.461 e. The smallest absolute Gasteiger partial charge is 0.243 e. The largest absolute Gasteiger partial charge is 0.461 e. The van der Waals surface area contributed by atoms with Gasteiger partial charge in [-0.3, -0.25) is 9.59 Å². The van der Waals surface area contributed by atoms with Crippen molar-refractivity contribution < 1.29 is 27.2 Å². The molecule has 0 saturated heterocycles. The van der Waals surface area contributed by atoms with Gasteiger partial charge in [-0.1, -0.05) is 11.8 Å². The van der Waals surface area contributed by atoms with E-state index in [-0.39, 0.29) is 5.75 Å². The Morgan fingerprint density at radius 3 is 2.66 bits per heavy atom. The Hall–Kier alpha value is -3.28. The summed E-state index contributed by atoms with van der Waals surface area (Å²) in [6, 6.07) is 5.00. The Balaban J connectivity index is 1.48. The third kappa shape index (κ3) is 4.77. The highest BCUT2D eigenvalue weighted by Gasteiger charge is 2.17. The summed E-state index contributed by atoms with van der Waals surface area (Å²) in [5.74, 6) is -4.91. The van der Waals surface area contributed by atoms with Gasteiger partial charge in [-0.05, 0) is 24.3 Å². The molecule has 0 aliphatic rings. The normalized spacial score (nSPS) is 10.8. The fourth-order valence-corrected chi connectivity index (χ4v) is 2.98. The zero-order valence-corrected chi connectivity index (χ0v) is 15.7. The van der Waals surface area contributed by atoms with E-state index in [9.17, 15) is 22.8 Å². The van der Waals surface area contributed by atoms with E-state index in [1.807, 2.05) is 0 Å². The standard InChI is InChI=1S/C17H14F3N5O3S/c1-25-16(11-3-2-6-28-11)23-24-17(25)29-8-13(27)21-7-12(26)22-10-5-4-9(18)14(19)15(10)20/h2-6H,7-8H2,1H3,(H,21,27)(H,22,26). The van der Waals surface area contributed by atoms with Gasteiger partial charge in [0, 0.05) is 7.05 Å². The summed E-state index contributed by atoms with van der Waals surface area (Å²) in [5.41, 5.74) is -0.526. The van der Waals surface area contributed by atoms with Crippen molar-refractivity contribution in [3.63, 3.8) is 0 Å². The summed E-state index contributed by atoms with van der Waals surface area (Å²) < 4.78 is 46.5. The molecule has 0 aliphatic heterocycles. The molecule has 3 rings (SSSR count). The number of nitrogens with one attached hydrogen (secondary N) is 2. The average molecular weight is 425 g/mol. The third-order valence-electron chi connectivity index (χ3n) is 3.66. The van der Waals surface area contributed by atoms with Crippen molar-refractivity contribution in [3.8, 4) is 11.6 Å². The number of rotatable bonds is 7. The fourth-order valence-electron chi connectivity index (χ4n) is 2.24. The number of thioether (sulfide) groups is 1. The van der Waals surface area contributed by atoms with Crippen molar-refractivity contribution in [3.05, 3.63) is 48.0 Å². The zero-order chi connectivity index (χ0) is 21.0. The van der Waals surface area contributed by atoms with Gasteiger partial charge in [-0.15, -0.1) is 10.2 Å². The first-order chi connectivity index (χ1) is 13.9. The van der Waals surface area contributed by atoms with Crippen LogP contribution in [0.4, 0.5) is 18.9 Å². The van der Waals surface area contributed by atoms with E-state index in [1.165, 1.54) is 6.26 Å². The van der Waals surface area contributed by atoms with E-state index in [1.54, 1.807) is 23.7 Å². The molecular weight excluding hydrogens is 411 g/mol. The van der Waals surface area contributed by atoms with Crippen LogP contribution < -0.4 is 10.6 Å². The lowest BCUT2D eigenvalue weighted by molar-refractivity contribution is -0.122. The maximum atomic E-state index is 13.5. The molecule has 0 aliphatic carbocycles. The summed E-state index contributed by atoms with van der Waals surface area (Å²) >= 11 is 1.09. The molecule has 2 N–H and O–H groups in total. The predicted octanol–water partition coefficient (Wildman–Crippen LogP) is 2.34. The number of halogens is 3. The van der Waals surface area contributed by atoms with E-state index in [0.717, 1.165) is 17.8 Å². The maximum absolute atomic E-state index is 13.5. The van der Waals surface area contributed by atoms with E-state index >= 15 is 0 Å². The summed E-state index contributed by atoms with van der Waals surface area (Å²) in [6.45, 7) is -0.478. The van der Waals surface area contributed by atoms with Crippen LogP contribution in [0.3, 0.4) is 0 Å². The van der Waals surface area contributed by atoms with Gasteiger partial charge in [0.05, 0.1) is 24.2 Å². The molecular formula is C17H14F3N5O3S. The molecule has 8 nitrogen and oxygen atoms in total. The lowest BCUT2D eigenvalue weighted by Gasteiger charge is -2.08. The van der Waals surface area contributed by atoms with Gasteiger partial charge < -0.3 is 19.6 Å². The van der Waals surface area contributed by atoms with E-state index < -0.39 is 41.5 Å². The van der Waals surface area contributed by atoms with Crippen LogP contribution in [-0.4, -0.2) is 38.9 Å². The number of amides is 2. The molecule has 0 atom stereocenters. The number of benzene rings is 1.